The molecule has 1 fully saturated rings. The smallest absolute Gasteiger partial charge is 0.336 e. The van der Waals surface area contributed by atoms with Crippen molar-refractivity contribution in [1.82, 2.24) is 34.6 Å². The van der Waals surface area contributed by atoms with Crippen molar-refractivity contribution in [1.29, 1.82) is 0 Å². The topological polar surface area (TPSA) is 286 Å². The largest absolute Gasteiger partial charge is 0.478 e. The standard InChI is InChI=1S/C66H66ClN17O6S/c1-38-10-7-15-50(67)58(38)75-64(87)53-35-71-66(91-53)74-54-34-55(73-39(2)72-54)81-28-26-80(27-29-81)37-56(85)84(36-40-16-19-51(76-78-68)52(30-40)77-79-69)25-20-70-63(86)43-17-18-44(65(88)89)47(33-43)57-48-31-41-11-3-5-21-82-23-8-13-45(59(41)82)61(48)90-62-46-14-9-24-83-22-6-4-12-42(60(46)83)32-49(57)62/h7,10,15-19,30-35H,3-6,8-9,11-14,20-29,36-37H2,1-2H3,(H3-,70,71,72,73,74,75,86,87,88,89)/p+1. The molecule has 0 spiro atoms. The fraction of sp³-hybridized carbons (Fsp3) is 0.364. The minimum atomic E-state index is -1.11. The number of rotatable bonds is 17. The van der Waals surface area contributed by atoms with E-state index in [9.17, 15) is 35.3 Å². The van der Waals surface area contributed by atoms with Crippen molar-refractivity contribution in [2.24, 2.45) is 10.2 Å². The Morgan fingerprint density at radius 1 is 0.791 bits per heavy atom. The van der Waals surface area contributed by atoms with E-state index in [-0.39, 0.29) is 60.5 Å². The summed E-state index contributed by atoms with van der Waals surface area (Å²) in [5.41, 5.74) is 29.3. The second-order valence-corrected chi connectivity index (χ2v) is 25.3. The summed E-state index contributed by atoms with van der Waals surface area (Å²) in [6.45, 7) is 9.91. The van der Waals surface area contributed by atoms with Crippen molar-refractivity contribution in [2.75, 3.05) is 92.4 Å². The number of carboxylic acid groups (broad SMARTS) is 1. The number of hydrogen-bond donors (Lipinski definition) is 4. The van der Waals surface area contributed by atoms with Gasteiger partial charge in [-0.3, -0.25) is 19.3 Å². The number of hydrogen-bond acceptors (Lipinski definition) is 15. The number of fused-ring (bicyclic) bond motifs is 4. The molecule has 0 unspecified atom stereocenters. The van der Waals surface area contributed by atoms with E-state index in [1.54, 1.807) is 42.2 Å². The zero-order valence-corrected chi connectivity index (χ0v) is 52.2. The second-order valence-electron chi connectivity index (χ2n) is 23.9. The van der Waals surface area contributed by atoms with Gasteiger partial charge >= 0.3 is 5.97 Å². The molecule has 3 amide bonds. The van der Waals surface area contributed by atoms with Crippen molar-refractivity contribution in [3.63, 3.8) is 0 Å². The summed E-state index contributed by atoms with van der Waals surface area (Å²) in [6.07, 6.45) is 11.2. The number of nitrogens with one attached hydrogen (secondary N) is 3. The van der Waals surface area contributed by atoms with Gasteiger partial charge in [0.15, 0.2) is 5.13 Å². The Balaban J connectivity index is 0.748. The number of amides is 3. The van der Waals surface area contributed by atoms with Crippen LogP contribution in [0.3, 0.4) is 0 Å². The lowest BCUT2D eigenvalue weighted by Crippen LogP contribution is -2.51. The fourth-order valence-corrected chi connectivity index (χ4v) is 14.7. The van der Waals surface area contributed by atoms with E-state index in [1.165, 1.54) is 63.0 Å². The molecule has 5 aromatic carbocycles. The van der Waals surface area contributed by atoms with Gasteiger partial charge in [0.1, 0.15) is 46.9 Å². The molecule has 25 heteroatoms. The molecule has 464 valence electrons. The van der Waals surface area contributed by atoms with Gasteiger partial charge in [-0.1, -0.05) is 57.4 Å². The Morgan fingerprint density at radius 2 is 1.58 bits per heavy atom. The number of carboxylic acids is 1. The van der Waals surface area contributed by atoms with Crippen LogP contribution in [0, 0.1) is 13.8 Å². The zero-order chi connectivity index (χ0) is 62.9. The van der Waals surface area contributed by atoms with Gasteiger partial charge in [0, 0.05) is 138 Å². The van der Waals surface area contributed by atoms with Gasteiger partial charge in [-0.25, -0.2) is 24.3 Å². The first kappa shape index (κ1) is 60.3. The number of para-hydroxylation sites is 1. The Hall–Kier alpha value is -9.57. The normalized spacial score (nSPS) is 15.6. The molecular formula is C66H67ClN17O6S+. The van der Waals surface area contributed by atoms with E-state index >= 15 is 0 Å². The number of piperazine rings is 1. The van der Waals surface area contributed by atoms with Crippen molar-refractivity contribution >= 4 is 91.7 Å². The number of azide groups is 2. The number of ether oxygens (including phenoxy) is 1. The molecule has 7 aromatic rings. The summed E-state index contributed by atoms with van der Waals surface area (Å²) < 4.78 is 9.84. The Labute approximate surface area is 533 Å². The van der Waals surface area contributed by atoms with E-state index in [1.807, 2.05) is 25.1 Å². The molecular weight excluding hydrogens is 1190 g/mol. The summed E-state index contributed by atoms with van der Waals surface area (Å²) in [5.74, 6) is 1.15. The van der Waals surface area contributed by atoms with Crippen molar-refractivity contribution < 1.29 is 29.0 Å². The average molecular weight is 1260 g/mol. The molecule has 0 bridgehead atoms. The summed E-state index contributed by atoms with van der Waals surface area (Å²) in [4.78, 5) is 84.3. The molecule has 0 saturated carbocycles. The molecule has 2 aromatic heterocycles. The third-order valence-corrected chi connectivity index (χ3v) is 19.2. The average Bonchev–Trinajstić information content (AvgIpc) is 1.32. The van der Waals surface area contributed by atoms with Crippen LogP contribution < -0.4 is 45.6 Å². The lowest BCUT2D eigenvalue weighted by atomic mass is 9.82. The molecule has 13 rings (SSSR count). The highest BCUT2D eigenvalue weighted by molar-refractivity contribution is 7.17. The number of benzene rings is 5. The summed E-state index contributed by atoms with van der Waals surface area (Å²) in [6, 6.07) is 21.3. The van der Waals surface area contributed by atoms with E-state index in [4.69, 9.17) is 21.3 Å². The Bertz CT molecular complexity index is 4360. The van der Waals surface area contributed by atoms with Crippen LogP contribution in [0.2, 0.25) is 5.02 Å². The van der Waals surface area contributed by atoms with Gasteiger partial charge in [0.05, 0.1) is 34.6 Å². The Kier molecular flexibility index (Phi) is 17.3. The maximum Gasteiger partial charge on any atom is 0.336 e. The number of anilines is 5. The molecule has 91 heavy (non-hydrogen) atoms. The summed E-state index contributed by atoms with van der Waals surface area (Å²) in [5, 5.41) is 30.7. The fourth-order valence-electron chi connectivity index (χ4n) is 13.8. The first-order chi connectivity index (χ1) is 44.3. The number of halogens is 1. The first-order valence-electron chi connectivity index (χ1n) is 31.0. The lowest BCUT2D eigenvalue weighted by Gasteiger charge is -2.36. The number of carbonyl (C=O) groups is 4. The summed E-state index contributed by atoms with van der Waals surface area (Å²) in [7, 11) is 0. The van der Waals surface area contributed by atoms with Crippen LogP contribution >= 0.6 is 22.9 Å². The van der Waals surface area contributed by atoms with Gasteiger partial charge in [-0.05, 0) is 141 Å². The van der Waals surface area contributed by atoms with Crippen LogP contribution in [0.5, 0.6) is 11.5 Å². The van der Waals surface area contributed by atoms with Crippen LogP contribution in [-0.2, 0) is 37.0 Å². The zero-order valence-electron chi connectivity index (χ0n) is 50.6. The summed E-state index contributed by atoms with van der Waals surface area (Å²) >= 11 is 7.54. The number of aromatic nitrogens is 3. The first-order valence-corrected chi connectivity index (χ1v) is 32.2. The van der Waals surface area contributed by atoms with E-state index < -0.39 is 11.9 Å². The molecule has 6 aliphatic rings. The highest BCUT2D eigenvalue weighted by Gasteiger charge is 2.37. The predicted molar refractivity (Wildman–Crippen MR) is 350 cm³/mol. The van der Waals surface area contributed by atoms with Crippen LogP contribution in [0.1, 0.15) is 119 Å². The number of aryl methyl sites for hydroxylation is 4. The third-order valence-electron chi connectivity index (χ3n) is 18.0. The van der Waals surface area contributed by atoms with Gasteiger partial charge in [0.25, 0.3) is 11.8 Å². The van der Waals surface area contributed by atoms with Crippen LogP contribution in [0.15, 0.2) is 89.2 Å². The molecule has 0 atom stereocenters. The number of carbonyl (C=O) groups excluding carboxylic acids is 3. The van der Waals surface area contributed by atoms with Crippen LogP contribution in [0.25, 0.3) is 26.5 Å². The maximum absolute atomic E-state index is 14.7. The molecule has 1 saturated heterocycles. The molecule has 8 heterocycles. The third kappa shape index (κ3) is 12.4. The monoisotopic (exact) mass is 1260 g/mol. The van der Waals surface area contributed by atoms with Gasteiger partial charge in [-0.15, -0.1) is 0 Å². The molecule has 4 N–H and O–H groups in total. The van der Waals surface area contributed by atoms with E-state index in [0.29, 0.717) is 75.5 Å². The van der Waals surface area contributed by atoms with Crippen molar-refractivity contribution in [3.8, 4) is 11.5 Å². The van der Waals surface area contributed by atoms with Crippen LogP contribution in [-0.4, -0.2) is 126 Å². The van der Waals surface area contributed by atoms with Crippen molar-refractivity contribution in [2.45, 2.75) is 84.6 Å². The molecule has 0 aliphatic carbocycles. The molecule has 6 aliphatic heterocycles. The SMILES string of the molecule is Cc1nc(Nc2ncc(C(=O)Nc3c(C)cccc3Cl)s2)cc(N2CCN(CC(=O)N(CCNC(=O)c3ccc(C(=O)O)c(C4=c5cc6c7c(c5Oc5c4cc4c8c5CCCN8CCCC4)CCC[N+]=7CCCC6)c3)Cc3ccc(N=[N+]=[N-])c(N=[N+]=[N-])c3)CC2)n1. The Morgan fingerprint density at radius 3 is 2.41 bits per heavy atom. The minimum Gasteiger partial charge on any atom is -0.478 e. The van der Waals surface area contributed by atoms with Gasteiger partial charge < -0.3 is 40.5 Å². The highest BCUT2D eigenvalue weighted by Crippen LogP contribution is 2.49. The van der Waals surface area contributed by atoms with E-state index in [0.717, 1.165) is 124 Å². The van der Waals surface area contributed by atoms with Crippen LogP contribution in [0.4, 0.5) is 39.5 Å². The lowest BCUT2D eigenvalue weighted by molar-refractivity contribution is -0.133. The van der Waals surface area contributed by atoms with Gasteiger partial charge in [-0.2, -0.15) is 0 Å². The second kappa shape index (κ2) is 26.1. The quantitative estimate of drug-likeness (QED) is 0.0286. The predicted octanol–water partition coefficient (Wildman–Crippen LogP) is 10.6. The van der Waals surface area contributed by atoms with Gasteiger partial charge in [0.2, 0.25) is 11.3 Å². The van der Waals surface area contributed by atoms with Crippen molar-refractivity contribution in [3.05, 3.63) is 182 Å². The highest BCUT2D eigenvalue weighted by atomic mass is 35.5. The molecule has 0 radical (unpaired) electrons. The van der Waals surface area contributed by atoms with E-state index in [2.05, 4.69) is 77.4 Å². The number of nitrogens with zero attached hydrogens (tertiary/aromatic N) is 14. The molecule has 23 nitrogen and oxygen atoms in total. The maximum atomic E-state index is 14.7. The number of aromatic carboxylic acids is 1. The minimum absolute atomic E-state index is 0.0314. The number of thiazole rings is 1.